The first-order valence-corrected chi connectivity index (χ1v) is 9.42. The van der Waals surface area contributed by atoms with Crippen molar-refractivity contribution >= 4 is 67.2 Å². The van der Waals surface area contributed by atoms with Gasteiger partial charge in [0.2, 0.25) is 0 Å². The van der Waals surface area contributed by atoms with Crippen molar-refractivity contribution in [1.82, 2.24) is 20.3 Å². The molecule has 3 aromatic rings. The van der Waals surface area contributed by atoms with Gasteiger partial charge in [0.05, 0.1) is 10.7 Å². The molecular formula is C15H10Br2Cl2N6O. The molecule has 0 amide bonds. The van der Waals surface area contributed by atoms with E-state index in [4.69, 9.17) is 33.7 Å². The molecule has 134 valence electrons. The maximum atomic E-state index is 6.20. The molecule has 0 saturated heterocycles. The molecular weight excluding hydrogens is 511 g/mol. The van der Waals surface area contributed by atoms with Gasteiger partial charge in [-0.05, 0) is 50.6 Å². The summed E-state index contributed by atoms with van der Waals surface area (Å²) in [5.74, 6) is 0.653. The number of hydrogen-bond donors (Lipinski definition) is 1. The van der Waals surface area contributed by atoms with Crippen molar-refractivity contribution in [1.29, 1.82) is 0 Å². The van der Waals surface area contributed by atoms with Gasteiger partial charge in [-0.2, -0.15) is 5.10 Å². The van der Waals surface area contributed by atoms with Crippen molar-refractivity contribution in [3.63, 3.8) is 0 Å². The molecule has 0 bridgehead atoms. The van der Waals surface area contributed by atoms with Gasteiger partial charge in [-0.15, -0.1) is 0 Å². The van der Waals surface area contributed by atoms with E-state index < -0.39 is 0 Å². The number of hydrogen-bond acceptors (Lipinski definition) is 6. The monoisotopic (exact) mass is 518 g/mol. The molecule has 2 N–H and O–H groups in total. The molecule has 0 spiro atoms. The van der Waals surface area contributed by atoms with Crippen LogP contribution >= 0.6 is 55.1 Å². The maximum Gasteiger partial charge on any atom is 0.263 e. The van der Waals surface area contributed by atoms with Crippen molar-refractivity contribution in [2.24, 2.45) is 5.10 Å². The third-order valence-electron chi connectivity index (χ3n) is 3.21. The van der Waals surface area contributed by atoms with Crippen LogP contribution < -0.4 is 10.5 Å². The minimum atomic E-state index is 0.0747. The number of halogens is 4. The number of ether oxygens (including phenoxy) is 1. The van der Waals surface area contributed by atoms with Gasteiger partial charge in [0, 0.05) is 25.6 Å². The second kappa shape index (κ2) is 8.34. The Bertz CT molecular complexity index is 979. The molecule has 11 heteroatoms. The first-order valence-electron chi connectivity index (χ1n) is 7.08. The number of nitrogen functional groups attached to an aromatic ring is 1. The molecule has 1 aromatic heterocycles. The van der Waals surface area contributed by atoms with Crippen molar-refractivity contribution in [3.8, 4) is 5.75 Å². The third-order valence-corrected chi connectivity index (χ3v) is 4.84. The topological polar surface area (TPSA) is 91.2 Å². The number of aromatic nitrogens is 4. The fourth-order valence-electron chi connectivity index (χ4n) is 2.01. The predicted octanol–water partition coefficient (Wildman–Crippen LogP) is 4.55. The van der Waals surface area contributed by atoms with E-state index >= 15 is 0 Å². The average molecular weight is 521 g/mol. The van der Waals surface area contributed by atoms with Gasteiger partial charge in [-0.3, -0.25) is 0 Å². The summed E-state index contributed by atoms with van der Waals surface area (Å²) in [7, 11) is 0. The summed E-state index contributed by atoms with van der Waals surface area (Å²) in [6.45, 7) is 0.254. The largest absolute Gasteiger partial charge is 0.487 e. The van der Waals surface area contributed by atoms with Crippen LogP contribution in [0.25, 0.3) is 0 Å². The van der Waals surface area contributed by atoms with Crippen molar-refractivity contribution in [3.05, 3.63) is 60.4 Å². The standard InChI is InChI=1S/C15H10Br2Cl2N6O/c16-10-3-9(6-21-25-15(20)22-23-24-25)14(12(17)4-10)26-7-8-1-2-11(18)5-13(8)19/h1-6H,7H2,(H2,20,22,24)/b21-6+. The molecule has 26 heavy (non-hydrogen) atoms. The van der Waals surface area contributed by atoms with Gasteiger partial charge in [0.1, 0.15) is 12.4 Å². The van der Waals surface area contributed by atoms with Gasteiger partial charge in [-0.1, -0.05) is 55.1 Å². The SMILES string of the molecule is Nc1nnnn1/N=C/c1cc(Br)cc(Br)c1OCc1ccc(Cl)cc1Cl. The van der Waals surface area contributed by atoms with E-state index in [1.807, 2.05) is 18.2 Å². The zero-order valence-electron chi connectivity index (χ0n) is 12.9. The lowest BCUT2D eigenvalue weighted by Gasteiger charge is -2.13. The molecule has 0 atom stereocenters. The van der Waals surface area contributed by atoms with E-state index in [2.05, 4.69) is 52.5 Å². The second-order valence-electron chi connectivity index (χ2n) is 5.00. The summed E-state index contributed by atoms with van der Waals surface area (Å²) in [4.78, 5) is 1.11. The quantitative estimate of drug-likeness (QED) is 0.498. The molecule has 0 aliphatic carbocycles. The Morgan fingerprint density at radius 2 is 2.04 bits per heavy atom. The lowest BCUT2D eigenvalue weighted by atomic mass is 10.2. The van der Waals surface area contributed by atoms with Gasteiger partial charge in [0.25, 0.3) is 5.95 Å². The van der Waals surface area contributed by atoms with E-state index in [1.165, 1.54) is 0 Å². The van der Waals surface area contributed by atoms with Gasteiger partial charge < -0.3 is 10.5 Å². The van der Waals surface area contributed by atoms with Gasteiger partial charge in [-0.25, -0.2) is 0 Å². The van der Waals surface area contributed by atoms with Crippen molar-refractivity contribution in [2.75, 3.05) is 5.73 Å². The highest BCUT2D eigenvalue weighted by molar-refractivity contribution is 9.11. The zero-order valence-corrected chi connectivity index (χ0v) is 17.6. The fourth-order valence-corrected chi connectivity index (χ4v) is 3.84. The van der Waals surface area contributed by atoms with E-state index in [-0.39, 0.29) is 12.6 Å². The Balaban J connectivity index is 1.88. The third kappa shape index (κ3) is 4.53. The van der Waals surface area contributed by atoms with Crippen LogP contribution in [0.1, 0.15) is 11.1 Å². The van der Waals surface area contributed by atoms with Crippen molar-refractivity contribution in [2.45, 2.75) is 6.61 Å². The maximum absolute atomic E-state index is 6.20. The van der Waals surface area contributed by atoms with Crippen LogP contribution in [0.4, 0.5) is 5.95 Å². The molecule has 7 nitrogen and oxygen atoms in total. The Hall–Kier alpha value is -1.68. The molecule has 0 aliphatic heterocycles. The first kappa shape index (κ1) is 19.1. The summed E-state index contributed by atoms with van der Waals surface area (Å²) in [6, 6.07) is 8.94. The Labute approximate surface area is 175 Å². The second-order valence-corrected chi connectivity index (χ2v) is 7.62. The van der Waals surface area contributed by atoms with Crippen molar-refractivity contribution < 1.29 is 4.74 Å². The highest BCUT2D eigenvalue weighted by atomic mass is 79.9. The van der Waals surface area contributed by atoms with E-state index in [9.17, 15) is 0 Å². The molecule has 2 aromatic carbocycles. The fraction of sp³-hybridized carbons (Fsp3) is 0.0667. The minimum absolute atomic E-state index is 0.0747. The molecule has 0 saturated carbocycles. The number of tetrazole rings is 1. The first-order chi connectivity index (χ1) is 12.4. The number of anilines is 1. The van der Waals surface area contributed by atoms with E-state index in [0.29, 0.717) is 21.4 Å². The number of nitrogens with zero attached hydrogens (tertiary/aromatic N) is 5. The molecule has 1 heterocycles. The van der Waals surface area contributed by atoms with Crippen LogP contribution in [0.5, 0.6) is 5.75 Å². The predicted molar refractivity (Wildman–Crippen MR) is 108 cm³/mol. The lowest BCUT2D eigenvalue weighted by Crippen LogP contribution is -2.03. The normalized spacial score (nSPS) is 11.2. The Morgan fingerprint density at radius 1 is 1.23 bits per heavy atom. The smallest absolute Gasteiger partial charge is 0.263 e. The van der Waals surface area contributed by atoms with Gasteiger partial charge in [0.15, 0.2) is 0 Å². The molecule has 0 radical (unpaired) electrons. The highest BCUT2D eigenvalue weighted by Crippen LogP contribution is 2.33. The molecule has 3 rings (SSSR count). The number of nitrogens with two attached hydrogens (primary N) is 1. The summed E-state index contributed by atoms with van der Waals surface area (Å²) in [5, 5.41) is 15.9. The van der Waals surface area contributed by atoms with Crippen LogP contribution in [0.3, 0.4) is 0 Å². The minimum Gasteiger partial charge on any atom is -0.487 e. The summed E-state index contributed by atoms with van der Waals surface area (Å²) >= 11 is 19.1. The van der Waals surface area contributed by atoms with Gasteiger partial charge >= 0.3 is 0 Å². The summed E-state index contributed by atoms with van der Waals surface area (Å²) < 4.78 is 7.53. The summed E-state index contributed by atoms with van der Waals surface area (Å²) in [6.07, 6.45) is 1.54. The van der Waals surface area contributed by atoms with Crippen LogP contribution in [-0.4, -0.2) is 26.5 Å². The number of benzene rings is 2. The van der Waals surface area contributed by atoms with E-state index in [1.54, 1.807) is 18.3 Å². The van der Waals surface area contributed by atoms with Crippen LogP contribution in [0.2, 0.25) is 10.0 Å². The molecule has 0 aliphatic rings. The Kier molecular flexibility index (Phi) is 6.13. The zero-order chi connectivity index (χ0) is 18.7. The highest BCUT2D eigenvalue weighted by Gasteiger charge is 2.11. The lowest BCUT2D eigenvalue weighted by molar-refractivity contribution is 0.304. The molecule has 0 unspecified atom stereocenters. The van der Waals surface area contributed by atoms with Crippen LogP contribution in [0.15, 0.2) is 44.4 Å². The average Bonchev–Trinajstić information content (AvgIpc) is 2.98. The summed E-state index contributed by atoms with van der Waals surface area (Å²) in [5.41, 5.74) is 7.09. The van der Waals surface area contributed by atoms with E-state index in [0.717, 1.165) is 19.3 Å². The number of rotatable bonds is 5. The van der Waals surface area contributed by atoms with Crippen LogP contribution in [-0.2, 0) is 6.61 Å². The Morgan fingerprint density at radius 3 is 2.73 bits per heavy atom. The molecule has 0 fully saturated rings. The van der Waals surface area contributed by atoms with Crippen LogP contribution in [0, 0.1) is 0 Å².